The van der Waals surface area contributed by atoms with Gasteiger partial charge in [-0.1, -0.05) is 12.1 Å². The molecule has 1 aromatic carbocycles. The zero-order valence-electron chi connectivity index (χ0n) is 19.8. The number of pyridine rings is 1. The number of aliphatic carboxylic acids is 1. The Balaban J connectivity index is 1.49. The number of benzene rings is 1. The summed E-state index contributed by atoms with van der Waals surface area (Å²) in [5, 5.41) is 29.5. The third kappa shape index (κ3) is 5.62. The van der Waals surface area contributed by atoms with Crippen LogP contribution in [0, 0.1) is 5.82 Å². The number of aliphatic hydroxyl groups is 1. The zero-order valence-corrected chi connectivity index (χ0v) is 19.8. The molecule has 36 heavy (non-hydrogen) atoms. The van der Waals surface area contributed by atoms with Crippen molar-refractivity contribution >= 4 is 17.7 Å². The smallest absolute Gasteiger partial charge is 0.305 e. The van der Waals surface area contributed by atoms with Gasteiger partial charge in [-0.15, -0.1) is 0 Å². The Bertz CT molecular complexity index is 1260. The van der Waals surface area contributed by atoms with E-state index >= 15 is 0 Å². The number of aromatic nitrogens is 3. The number of anilines is 1. The molecule has 1 aliphatic rings. The fraction of sp³-hybridized carbons (Fsp3) is 0.360. The number of hydrogen-bond donors (Lipinski definition) is 4. The first kappa shape index (κ1) is 25.1. The number of ether oxygens (including phenoxy) is 1. The number of amides is 1. The highest BCUT2D eigenvalue weighted by Crippen LogP contribution is 2.25. The normalized spacial score (nSPS) is 13.4. The predicted molar refractivity (Wildman–Crippen MR) is 128 cm³/mol. The van der Waals surface area contributed by atoms with E-state index in [9.17, 15) is 24.2 Å². The average Bonchev–Trinajstić information content (AvgIpc) is 3.29. The number of carbonyl (C=O) groups is 2. The van der Waals surface area contributed by atoms with Gasteiger partial charge in [-0.05, 0) is 42.2 Å². The van der Waals surface area contributed by atoms with Crippen LogP contribution in [0.15, 0.2) is 36.5 Å². The van der Waals surface area contributed by atoms with Crippen LogP contribution in [-0.4, -0.2) is 50.5 Å². The number of nitrogens with one attached hydrogen (secondary N) is 2. The van der Waals surface area contributed by atoms with Gasteiger partial charge in [0.05, 0.1) is 43.6 Å². The molecule has 0 aliphatic carbocycles. The summed E-state index contributed by atoms with van der Waals surface area (Å²) in [4.78, 5) is 29.1. The lowest BCUT2D eigenvalue weighted by molar-refractivity contribution is -0.137. The molecule has 4 N–H and O–H groups in total. The fourth-order valence-corrected chi connectivity index (χ4v) is 4.25. The molecule has 0 radical (unpaired) electrons. The molecule has 0 unspecified atom stereocenters. The van der Waals surface area contributed by atoms with Crippen LogP contribution < -0.4 is 15.4 Å². The molecule has 0 spiro atoms. The molecule has 0 saturated carbocycles. The number of aryl methyl sites for hydroxylation is 3. The Hall–Kier alpha value is -3.99. The minimum atomic E-state index is -1.17. The van der Waals surface area contributed by atoms with E-state index in [4.69, 9.17) is 4.74 Å². The second-order valence-electron chi connectivity index (χ2n) is 8.49. The lowest BCUT2D eigenvalue weighted by Crippen LogP contribution is -2.31. The highest BCUT2D eigenvalue weighted by molar-refractivity contribution is 5.95. The number of hydrogen-bond acceptors (Lipinski definition) is 7. The summed E-state index contributed by atoms with van der Waals surface area (Å²) in [6.45, 7) is 0.835. The maximum Gasteiger partial charge on any atom is 0.305 e. The molecule has 3 heterocycles. The molecule has 1 atom stereocenters. The first-order valence-electron chi connectivity index (χ1n) is 11.6. The molecule has 1 amide bonds. The Kier molecular flexibility index (Phi) is 7.79. The van der Waals surface area contributed by atoms with Crippen molar-refractivity contribution in [3.05, 3.63) is 70.4 Å². The van der Waals surface area contributed by atoms with Crippen LogP contribution in [-0.2, 0) is 30.8 Å². The minimum Gasteiger partial charge on any atom is -0.494 e. The third-order valence-electron chi connectivity index (χ3n) is 6.14. The van der Waals surface area contributed by atoms with Gasteiger partial charge in [-0.3, -0.25) is 14.3 Å². The Morgan fingerprint density at radius 2 is 2.14 bits per heavy atom. The van der Waals surface area contributed by atoms with Crippen LogP contribution in [0.5, 0.6) is 5.75 Å². The highest BCUT2D eigenvalue weighted by Gasteiger charge is 2.24. The van der Waals surface area contributed by atoms with Crippen LogP contribution in [0.1, 0.15) is 51.8 Å². The van der Waals surface area contributed by atoms with Gasteiger partial charge in [0.25, 0.3) is 5.91 Å². The molecule has 4 rings (SSSR count). The summed E-state index contributed by atoms with van der Waals surface area (Å²) in [5.41, 5.74) is 2.72. The van der Waals surface area contributed by atoms with Crippen molar-refractivity contribution in [2.45, 2.75) is 44.9 Å². The molecule has 0 saturated heterocycles. The van der Waals surface area contributed by atoms with Gasteiger partial charge < -0.3 is 25.6 Å². The van der Waals surface area contributed by atoms with Crippen molar-refractivity contribution in [3.63, 3.8) is 0 Å². The number of aliphatic hydroxyl groups excluding tert-OH is 1. The Labute approximate surface area is 207 Å². The summed E-state index contributed by atoms with van der Waals surface area (Å²) in [6, 6.07) is 7.01. The molecule has 0 bridgehead atoms. The molecule has 190 valence electrons. The van der Waals surface area contributed by atoms with Gasteiger partial charge in [-0.25, -0.2) is 9.37 Å². The Morgan fingerprint density at radius 3 is 2.86 bits per heavy atom. The van der Waals surface area contributed by atoms with E-state index in [2.05, 4.69) is 26.8 Å². The summed E-state index contributed by atoms with van der Waals surface area (Å²) in [7, 11) is 1.32. The van der Waals surface area contributed by atoms with Gasteiger partial charge in [0.2, 0.25) is 0 Å². The van der Waals surface area contributed by atoms with E-state index in [1.807, 2.05) is 6.07 Å². The van der Waals surface area contributed by atoms with Crippen LogP contribution in [0.4, 0.5) is 10.2 Å². The Morgan fingerprint density at radius 1 is 1.31 bits per heavy atom. The van der Waals surface area contributed by atoms with Gasteiger partial charge in [0.15, 0.2) is 11.6 Å². The summed E-state index contributed by atoms with van der Waals surface area (Å²) < 4.78 is 20.6. The number of carboxylic acid groups (broad SMARTS) is 1. The number of nitrogens with zero attached hydrogens (tertiary/aromatic N) is 3. The van der Waals surface area contributed by atoms with Crippen molar-refractivity contribution < 1.29 is 28.9 Å². The zero-order chi connectivity index (χ0) is 25.7. The summed E-state index contributed by atoms with van der Waals surface area (Å²) in [5.74, 6) is -1.56. The lowest BCUT2D eigenvalue weighted by Gasteiger charge is -2.18. The van der Waals surface area contributed by atoms with E-state index < -0.39 is 36.8 Å². The van der Waals surface area contributed by atoms with Crippen molar-refractivity contribution in [1.82, 2.24) is 20.1 Å². The summed E-state index contributed by atoms with van der Waals surface area (Å²) in [6.07, 6.45) is 3.48. The van der Waals surface area contributed by atoms with E-state index in [1.54, 1.807) is 0 Å². The van der Waals surface area contributed by atoms with Crippen molar-refractivity contribution in [3.8, 4) is 5.75 Å². The van der Waals surface area contributed by atoms with Crippen LogP contribution >= 0.6 is 0 Å². The minimum absolute atomic E-state index is 0.00666. The first-order valence-corrected chi connectivity index (χ1v) is 11.6. The van der Waals surface area contributed by atoms with Gasteiger partial charge in [0.1, 0.15) is 5.82 Å². The molecule has 2 aromatic heterocycles. The molecule has 3 aromatic rings. The molecule has 1 aliphatic heterocycles. The van der Waals surface area contributed by atoms with Crippen molar-refractivity contribution in [1.29, 1.82) is 0 Å². The highest BCUT2D eigenvalue weighted by atomic mass is 19.1. The van der Waals surface area contributed by atoms with Gasteiger partial charge in [-0.2, -0.15) is 5.10 Å². The first-order chi connectivity index (χ1) is 17.4. The third-order valence-corrected chi connectivity index (χ3v) is 6.14. The van der Waals surface area contributed by atoms with Gasteiger partial charge in [0, 0.05) is 25.2 Å². The van der Waals surface area contributed by atoms with Crippen LogP contribution in [0.2, 0.25) is 0 Å². The van der Waals surface area contributed by atoms with Crippen molar-refractivity contribution in [2.24, 2.45) is 0 Å². The van der Waals surface area contributed by atoms with E-state index in [1.165, 1.54) is 35.7 Å². The maximum absolute atomic E-state index is 14.2. The number of methoxy groups -OCH3 is 1. The fourth-order valence-electron chi connectivity index (χ4n) is 4.25. The topological polar surface area (TPSA) is 139 Å². The number of carbonyl (C=O) groups excluding carboxylic acids is 1. The maximum atomic E-state index is 14.2. The van der Waals surface area contributed by atoms with Gasteiger partial charge >= 0.3 is 5.97 Å². The number of rotatable bonds is 10. The monoisotopic (exact) mass is 497 g/mol. The largest absolute Gasteiger partial charge is 0.494 e. The molecule has 10 nitrogen and oxygen atoms in total. The average molecular weight is 498 g/mol. The number of fused-ring (bicyclic) bond motifs is 1. The second kappa shape index (κ2) is 11.2. The van der Waals surface area contributed by atoms with E-state index in [-0.39, 0.29) is 16.9 Å². The van der Waals surface area contributed by atoms with Crippen LogP contribution in [0.25, 0.3) is 0 Å². The second-order valence-corrected chi connectivity index (χ2v) is 8.49. The molecule has 11 heteroatoms. The standard InChI is InChI=1S/C25H28FN5O5/c1-36-22-7-5-16(11-19(22)26)20(12-23(33)34)30-25(35)18-13-28-31(21(18)14-32)10-8-17-6-4-15-3-2-9-27-24(15)29-17/h4-7,11,13,20,32H,2-3,8-10,12,14H2,1H3,(H,27,29)(H,30,35)(H,33,34)/t20-/m0/s1. The number of halogens is 1. The van der Waals surface area contributed by atoms with E-state index in [0.717, 1.165) is 37.0 Å². The molecule has 0 fully saturated rings. The predicted octanol–water partition coefficient (Wildman–Crippen LogP) is 2.46. The quantitative estimate of drug-likeness (QED) is 0.335. The SMILES string of the molecule is COc1ccc([C@H](CC(=O)O)NC(=O)c2cnn(CCc3ccc4c(n3)NCCC4)c2CO)cc1F. The summed E-state index contributed by atoms with van der Waals surface area (Å²) >= 11 is 0. The van der Waals surface area contributed by atoms with Crippen molar-refractivity contribution in [2.75, 3.05) is 19.0 Å². The molecular weight excluding hydrogens is 469 g/mol. The van der Waals surface area contributed by atoms with Crippen LogP contribution in [0.3, 0.4) is 0 Å². The molecular formula is C25H28FN5O5. The number of carboxylic acids is 1. The lowest BCUT2D eigenvalue weighted by atomic mass is 10.0. The van der Waals surface area contributed by atoms with E-state index in [0.29, 0.717) is 18.7 Å².